The molecule has 1 aromatic heterocycles. The zero-order chi connectivity index (χ0) is 15.2. The van der Waals surface area contributed by atoms with Gasteiger partial charge in [-0.2, -0.15) is 0 Å². The molecule has 1 heterocycles. The van der Waals surface area contributed by atoms with E-state index in [0.29, 0.717) is 28.7 Å². The Morgan fingerprint density at radius 2 is 2.25 bits per heavy atom. The number of carbonyl (C=O) groups excluding carboxylic acids is 1. The summed E-state index contributed by atoms with van der Waals surface area (Å²) in [7, 11) is -3.00. The summed E-state index contributed by atoms with van der Waals surface area (Å²) in [6.07, 6.45) is 1.58. The van der Waals surface area contributed by atoms with Gasteiger partial charge < -0.3 is 16.4 Å². The third-order valence-corrected chi connectivity index (χ3v) is 5.34. The van der Waals surface area contributed by atoms with Crippen molar-refractivity contribution in [1.29, 1.82) is 0 Å². The molecule has 0 saturated carbocycles. The number of anilines is 2. The summed E-state index contributed by atoms with van der Waals surface area (Å²) in [5.74, 6) is -0.0860. The van der Waals surface area contributed by atoms with Crippen molar-refractivity contribution in [1.82, 2.24) is 5.32 Å². The van der Waals surface area contributed by atoms with Crippen LogP contribution in [0.2, 0.25) is 0 Å². The fourth-order valence-electron chi connectivity index (χ4n) is 1.39. The van der Waals surface area contributed by atoms with E-state index in [4.69, 9.17) is 5.73 Å². The Balaban J connectivity index is 2.61. The van der Waals surface area contributed by atoms with Crippen molar-refractivity contribution in [3.05, 3.63) is 23.6 Å². The first-order valence-corrected chi connectivity index (χ1v) is 8.76. The van der Waals surface area contributed by atoms with Gasteiger partial charge in [-0.25, -0.2) is 8.42 Å². The molecule has 112 valence electrons. The van der Waals surface area contributed by atoms with Crippen LogP contribution in [0.5, 0.6) is 0 Å². The lowest BCUT2D eigenvalue weighted by Gasteiger charge is -2.03. The molecule has 0 bridgehead atoms. The van der Waals surface area contributed by atoms with Crippen LogP contribution in [-0.4, -0.2) is 38.9 Å². The summed E-state index contributed by atoms with van der Waals surface area (Å²) in [5, 5.41) is 6.29. The van der Waals surface area contributed by atoms with E-state index in [9.17, 15) is 13.2 Å². The van der Waals surface area contributed by atoms with E-state index in [-0.39, 0.29) is 17.4 Å². The second kappa shape index (κ2) is 7.30. The molecule has 0 aliphatic carbocycles. The van der Waals surface area contributed by atoms with Gasteiger partial charge in [0.05, 0.1) is 16.4 Å². The third kappa shape index (κ3) is 4.86. The monoisotopic (exact) mass is 317 g/mol. The number of carbonyl (C=O) groups is 1. The van der Waals surface area contributed by atoms with Crippen molar-refractivity contribution in [3.63, 3.8) is 0 Å². The van der Waals surface area contributed by atoms with Gasteiger partial charge in [-0.05, 0) is 6.07 Å². The number of thiophene rings is 1. The summed E-state index contributed by atoms with van der Waals surface area (Å²) in [4.78, 5) is 12.2. The zero-order valence-corrected chi connectivity index (χ0v) is 12.9. The van der Waals surface area contributed by atoms with Crippen LogP contribution in [0.1, 0.15) is 16.6 Å². The van der Waals surface area contributed by atoms with E-state index in [1.54, 1.807) is 19.1 Å². The highest BCUT2D eigenvalue weighted by Gasteiger charge is 2.14. The molecule has 0 aliphatic rings. The summed E-state index contributed by atoms with van der Waals surface area (Å²) < 4.78 is 22.7. The fraction of sp³-hybridized carbons (Fsp3) is 0.417. The average molecular weight is 317 g/mol. The second-order valence-corrected chi connectivity index (χ2v) is 7.58. The molecule has 0 aliphatic heterocycles. The van der Waals surface area contributed by atoms with Gasteiger partial charge in [0.25, 0.3) is 5.91 Å². The number of nitrogen functional groups attached to an aromatic ring is 1. The van der Waals surface area contributed by atoms with Gasteiger partial charge in [0.1, 0.15) is 4.88 Å². The van der Waals surface area contributed by atoms with Crippen molar-refractivity contribution in [2.75, 3.05) is 35.6 Å². The van der Waals surface area contributed by atoms with Crippen LogP contribution in [-0.2, 0) is 9.84 Å². The van der Waals surface area contributed by atoms with Gasteiger partial charge in [-0.15, -0.1) is 17.9 Å². The van der Waals surface area contributed by atoms with Crippen LogP contribution in [0.4, 0.5) is 10.7 Å². The Morgan fingerprint density at radius 1 is 1.55 bits per heavy atom. The predicted octanol–water partition coefficient (Wildman–Crippen LogP) is 1.09. The van der Waals surface area contributed by atoms with Crippen LogP contribution >= 0.6 is 11.3 Å². The number of rotatable bonds is 8. The van der Waals surface area contributed by atoms with Crippen LogP contribution in [0.15, 0.2) is 18.7 Å². The van der Waals surface area contributed by atoms with Crippen LogP contribution < -0.4 is 16.4 Å². The van der Waals surface area contributed by atoms with E-state index >= 15 is 0 Å². The molecular formula is C12H19N3O3S2. The van der Waals surface area contributed by atoms with E-state index in [0.717, 1.165) is 0 Å². The third-order valence-electron chi connectivity index (χ3n) is 2.53. The maximum atomic E-state index is 11.8. The quantitative estimate of drug-likeness (QED) is 0.623. The molecule has 1 aromatic rings. The topological polar surface area (TPSA) is 101 Å². The SMILES string of the molecule is C=CCNC(=O)c1sc(NCCS(=O)(=O)CC)cc1N. The molecule has 20 heavy (non-hydrogen) atoms. The average Bonchev–Trinajstić information content (AvgIpc) is 2.77. The lowest BCUT2D eigenvalue weighted by molar-refractivity contribution is 0.0963. The van der Waals surface area contributed by atoms with Crippen LogP contribution in [0.3, 0.4) is 0 Å². The Bertz CT molecular complexity index is 579. The Labute approximate surface area is 123 Å². The number of nitrogens with two attached hydrogens (primary N) is 1. The van der Waals surface area contributed by atoms with Crippen molar-refractivity contribution in [2.45, 2.75) is 6.92 Å². The minimum absolute atomic E-state index is 0.0549. The Morgan fingerprint density at radius 3 is 2.85 bits per heavy atom. The first kappa shape index (κ1) is 16.5. The molecule has 6 nitrogen and oxygen atoms in total. The van der Waals surface area contributed by atoms with E-state index in [1.165, 1.54) is 11.3 Å². The first-order chi connectivity index (χ1) is 9.39. The molecule has 0 aromatic carbocycles. The van der Waals surface area contributed by atoms with E-state index < -0.39 is 9.84 Å². The Hall–Kier alpha value is -1.54. The highest BCUT2D eigenvalue weighted by Crippen LogP contribution is 2.28. The summed E-state index contributed by atoms with van der Waals surface area (Å²) >= 11 is 1.20. The first-order valence-electron chi connectivity index (χ1n) is 6.12. The zero-order valence-electron chi connectivity index (χ0n) is 11.3. The predicted molar refractivity (Wildman–Crippen MR) is 84.1 cm³/mol. The van der Waals surface area contributed by atoms with Crippen LogP contribution in [0, 0.1) is 0 Å². The molecule has 0 saturated heterocycles. The van der Waals surface area contributed by atoms with E-state index in [1.807, 2.05) is 0 Å². The van der Waals surface area contributed by atoms with Crippen molar-refractivity contribution < 1.29 is 13.2 Å². The molecule has 0 spiro atoms. The smallest absolute Gasteiger partial charge is 0.263 e. The maximum absolute atomic E-state index is 11.8. The van der Waals surface area contributed by atoms with Gasteiger partial charge in [-0.3, -0.25) is 4.79 Å². The number of amides is 1. The molecule has 0 fully saturated rings. The summed E-state index contributed by atoms with van der Waals surface area (Å²) in [6, 6.07) is 1.63. The fourth-order valence-corrected chi connectivity index (χ4v) is 3.01. The normalized spacial score (nSPS) is 11.1. The van der Waals surface area contributed by atoms with Crippen molar-refractivity contribution >= 4 is 37.8 Å². The lowest BCUT2D eigenvalue weighted by Crippen LogP contribution is -2.22. The largest absolute Gasteiger partial charge is 0.397 e. The number of nitrogens with one attached hydrogen (secondary N) is 2. The van der Waals surface area contributed by atoms with Gasteiger partial charge in [-0.1, -0.05) is 13.0 Å². The minimum atomic E-state index is -3.00. The standard InChI is InChI=1S/C12H19N3O3S2/c1-3-5-15-12(16)11-9(13)8-10(19-11)14-6-7-20(17,18)4-2/h3,8,14H,1,4-7,13H2,2H3,(H,15,16). The van der Waals surface area contributed by atoms with Gasteiger partial charge >= 0.3 is 0 Å². The van der Waals surface area contributed by atoms with Gasteiger partial charge in [0, 0.05) is 18.8 Å². The maximum Gasteiger partial charge on any atom is 0.263 e. The molecule has 0 unspecified atom stereocenters. The Kier molecular flexibility index (Phi) is 6.03. The van der Waals surface area contributed by atoms with E-state index in [2.05, 4.69) is 17.2 Å². The number of hydrogen-bond acceptors (Lipinski definition) is 6. The van der Waals surface area contributed by atoms with Gasteiger partial charge in [0.2, 0.25) is 0 Å². The highest BCUT2D eigenvalue weighted by atomic mass is 32.2. The van der Waals surface area contributed by atoms with Gasteiger partial charge in [0.15, 0.2) is 9.84 Å². The molecule has 8 heteroatoms. The molecule has 0 radical (unpaired) electrons. The number of hydrogen-bond donors (Lipinski definition) is 3. The second-order valence-electron chi connectivity index (χ2n) is 4.06. The lowest BCUT2D eigenvalue weighted by atomic mass is 10.3. The van der Waals surface area contributed by atoms with Crippen molar-refractivity contribution in [3.8, 4) is 0 Å². The van der Waals surface area contributed by atoms with Crippen LogP contribution in [0.25, 0.3) is 0 Å². The molecule has 4 N–H and O–H groups in total. The van der Waals surface area contributed by atoms with Crippen molar-refractivity contribution in [2.24, 2.45) is 0 Å². The molecule has 0 atom stereocenters. The minimum Gasteiger partial charge on any atom is -0.397 e. The highest BCUT2D eigenvalue weighted by molar-refractivity contribution is 7.91. The molecule has 1 amide bonds. The molecule has 1 rings (SSSR count). The summed E-state index contributed by atoms with van der Waals surface area (Å²) in [5.41, 5.74) is 6.14. The number of sulfone groups is 1. The molecular weight excluding hydrogens is 298 g/mol. The summed E-state index contributed by atoms with van der Waals surface area (Å²) in [6.45, 7) is 5.79.